The molecule has 0 unspecified atom stereocenters. The van der Waals surface area contributed by atoms with Crippen LogP contribution in [0.25, 0.3) is 33.3 Å². The quantitative estimate of drug-likeness (QED) is 0.101. The number of benzene rings is 5. The molecule has 0 N–H and O–H groups in total. The minimum atomic E-state index is -0.0145. The molecule has 1 aliphatic rings. The van der Waals surface area contributed by atoms with E-state index in [9.17, 15) is 0 Å². The van der Waals surface area contributed by atoms with E-state index in [1.54, 1.807) is 0 Å². The van der Waals surface area contributed by atoms with Crippen molar-refractivity contribution >= 4 is 56.5 Å². The van der Waals surface area contributed by atoms with Crippen molar-refractivity contribution in [2.24, 2.45) is 7.05 Å². The van der Waals surface area contributed by atoms with Crippen LogP contribution in [-0.2, 0) is 33.5 Å². The number of aryl methyl sites for hydroxylation is 4. The normalized spacial score (nSPS) is 12.5. The van der Waals surface area contributed by atoms with E-state index in [2.05, 4.69) is 178 Å². The average Bonchev–Trinajstić information content (AvgIpc) is 3.67. The predicted molar refractivity (Wildman–Crippen MR) is 221 cm³/mol. The fourth-order valence-electron chi connectivity index (χ4n) is 8.52. The molecule has 8 heteroatoms. The van der Waals surface area contributed by atoms with Gasteiger partial charge >= 0.3 is 0 Å². The molecule has 5 aromatic carbocycles. The standard InChI is InChI=1S/C47H42BN5O.Pt/c1-30-24-31(2)44(32(3)25-30)48-39-17-10-12-19-41(39)51(8)46-45(48)52(29-50(46)7)34-14-13-15-35(27-34)54-36-20-21-38-37-16-9-11-18-40(37)53(42(38)28-36)43-26-33(22-23-49-43)47(4,5)6;/h9-26H,1-8H3;/q-2;. The third-order valence-electron chi connectivity index (χ3n) is 10.9. The molecule has 0 aliphatic carbocycles. The van der Waals surface area contributed by atoms with Gasteiger partial charge in [-0.1, -0.05) is 103 Å². The molecule has 0 spiro atoms. The van der Waals surface area contributed by atoms with Gasteiger partial charge in [-0.3, -0.25) is 0 Å². The van der Waals surface area contributed by atoms with Gasteiger partial charge in [0.2, 0.25) is 6.71 Å². The average molecular weight is 899 g/mol. The van der Waals surface area contributed by atoms with Gasteiger partial charge in [0.15, 0.2) is 6.33 Å². The SMILES string of the molecule is Cc1cc(C)c(B2c3ccccc3N(C)c3c2n(-c2[c-]c(Oc4[c-]c5c(cc4)c4ccccc4n5-c4cc(C(C)(C)C)ccn4)ccc2)[c-][n+]3C)c(C)c1.[Pt]. The number of hydrogen-bond donors (Lipinski definition) is 0. The number of ether oxygens (including phenoxy) is 1. The van der Waals surface area contributed by atoms with Gasteiger partial charge in [0.25, 0.3) is 0 Å². The molecule has 3 aromatic heterocycles. The maximum absolute atomic E-state index is 6.62. The fourth-order valence-corrected chi connectivity index (χ4v) is 8.52. The van der Waals surface area contributed by atoms with E-state index in [0.717, 1.165) is 44.7 Å². The summed E-state index contributed by atoms with van der Waals surface area (Å²) in [6, 6.07) is 43.5. The summed E-state index contributed by atoms with van der Waals surface area (Å²) in [6.45, 7) is 13.3. The minimum Gasteiger partial charge on any atom is -0.510 e. The van der Waals surface area contributed by atoms with Crippen molar-refractivity contribution < 1.29 is 30.4 Å². The molecule has 4 heterocycles. The van der Waals surface area contributed by atoms with Crippen LogP contribution in [0, 0.1) is 39.2 Å². The number of pyridine rings is 1. The van der Waals surface area contributed by atoms with Crippen LogP contribution in [0.4, 0.5) is 11.5 Å². The molecule has 0 fully saturated rings. The van der Waals surface area contributed by atoms with Crippen molar-refractivity contribution in [3.05, 3.63) is 150 Å². The van der Waals surface area contributed by atoms with Crippen LogP contribution >= 0.6 is 0 Å². The van der Waals surface area contributed by atoms with Crippen molar-refractivity contribution in [1.82, 2.24) is 14.1 Å². The van der Waals surface area contributed by atoms with Crippen molar-refractivity contribution in [3.63, 3.8) is 0 Å². The van der Waals surface area contributed by atoms with E-state index < -0.39 is 0 Å². The van der Waals surface area contributed by atoms with Crippen molar-refractivity contribution in [2.45, 2.75) is 47.0 Å². The van der Waals surface area contributed by atoms with Gasteiger partial charge in [-0.05, 0) is 66.9 Å². The van der Waals surface area contributed by atoms with Crippen LogP contribution in [-0.4, -0.2) is 27.9 Å². The van der Waals surface area contributed by atoms with Gasteiger partial charge in [0.1, 0.15) is 11.6 Å². The number of nitrogens with zero attached hydrogens (tertiary/aromatic N) is 5. The monoisotopic (exact) mass is 898 g/mol. The summed E-state index contributed by atoms with van der Waals surface area (Å²) in [4.78, 5) is 7.12. The van der Waals surface area contributed by atoms with Crippen LogP contribution in [0.1, 0.15) is 43.0 Å². The Morgan fingerprint density at radius 1 is 0.782 bits per heavy atom. The van der Waals surface area contributed by atoms with E-state index in [4.69, 9.17) is 9.72 Å². The zero-order chi connectivity index (χ0) is 37.5. The molecular formula is C47H42BN5OPt-2. The van der Waals surface area contributed by atoms with E-state index in [-0.39, 0.29) is 33.2 Å². The van der Waals surface area contributed by atoms with Crippen LogP contribution < -0.4 is 30.7 Å². The second kappa shape index (κ2) is 13.7. The Morgan fingerprint density at radius 3 is 2.29 bits per heavy atom. The summed E-state index contributed by atoms with van der Waals surface area (Å²) in [5, 5.41) is 2.24. The minimum absolute atomic E-state index is 0. The molecule has 8 aromatic rings. The summed E-state index contributed by atoms with van der Waals surface area (Å²) >= 11 is 0. The third kappa shape index (κ3) is 6.10. The number of aromatic nitrogens is 4. The zero-order valence-corrected chi connectivity index (χ0v) is 34.7. The molecule has 276 valence electrons. The van der Waals surface area contributed by atoms with Crippen LogP contribution in [0.15, 0.2) is 109 Å². The number of rotatable bonds is 5. The van der Waals surface area contributed by atoms with Gasteiger partial charge < -0.3 is 23.3 Å². The van der Waals surface area contributed by atoms with Gasteiger partial charge in [0, 0.05) is 64.0 Å². The number of fused-ring (bicyclic) bond motifs is 5. The Hall–Kier alpha value is -5.39. The van der Waals surface area contributed by atoms with Crippen molar-refractivity contribution in [2.75, 3.05) is 11.9 Å². The summed E-state index contributed by atoms with van der Waals surface area (Å²) in [5.41, 5.74) is 12.8. The van der Waals surface area contributed by atoms with Crippen LogP contribution in [0.5, 0.6) is 11.5 Å². The molecule has 1 aliphatic heterocycles. The van der Waals surface area contributed by atoms with Crippen molar-refractivity contribution in [1.29, 1.82) is 0 Å². The Morgan fingerprint density at radius 2 is 1.51 bits per heavy atom. The number of imidazole rings is 1. The largest absolute Gasteiger partial charge is 0.510 e. The molecule has 55 heavy (non-hydrogen) atoms. The van der Waals surface area contributed by atoms with Gasteiger partial charge in [-0.25, -0.2) is 4.98 Å². The first-order valence-electron chi connectivity index (χ1n) is 18.6. The zero-order valence-electron chi connectivity index (χ0n) is 32.4. The number of hydrogen-bond acceptors (Lipinski definition) is 3. The Bertz CT molecular complexity index is 2750. The Balaban J connectivity index is 0.00000427. The van der Waals surface area contributed by atoms with Gasteiger partial charge in [-0.15, -0.1) is 29.7 Å². The van der Waals surface area contributed by atoms with Gasteiger partial charge in [0.05, 0.1) is 5.69 Å². The summed E-state index contributed by atoms with van der Waals surface area (Å²) in [7, 11) is 4.21. The Kier molecular flexibility index (Phi) is 9.13. The summed E-state index contributed by atoms with van der Waals surface area (Å²) < 4.78 is 13.1. The second-order valence-corrected chi connectivity index (χ2v) is 15.7. The molecule has 0 amide bonds. The number of anilines is 2. The van der Waals surface area contributed by atoms with Gasteiger partial charge in [-0.2, -0.15) is 18.2 Å². The molecule has 0 bridgehead atoms. The molecule has 0 saturated heterocycles. The summed E-state index contributed by atoms with van der Waals surface area (Å²) in [5.74, 6) is 3.15. The fraction of sp³-hybridized carbons (Fsp3) is 0.191. The smallest absolute Gasteiger partial charge is 0.230 e. The maximum Gasteiger partial charge on any atom is 0.230 e. The molecule has 6 nitrogen and oxygen atoms in total. The molecule has 0 radical (unpaired) electrons. The van der Waals surface area contributed by atoms with Crippen LogP contribution in [0.2, 0.25) is 0 Å². The molecule has 0 saturated carbocycles. The summed E-state index contributed by atoms with van der Waals surface area (Å²) in [6.07, 6.45) is 5.54. The first kappa shape index (κ1) is 36.6. The van der Waals surface area contributed by atoms with E-state index >= 15 is 0 Å². The Labute approximate surface area is 338 Å². The number of para-hydroxylation sites is 2. The maximum atomic E-state index is 6.62. The third-order valence-corrected chi connectivity index (χ3v) is 10.9. The first-order valence-corrected chi connectivity index (χ1v) is 18.6. The van der Waals surface area contributed by atoms with E-state index in [1.807, 2.05) is 24.4 Å². The topological polar surface area (TPSA) is 39.1 Å². The molecule has 0 atom stereocenters. The molecule has 9 rings (SSSR count). The van der Waals surface area contributed by atoms with Crippen molar-refractivity contribution in [3.8, 4) is 23.0 Å². The predicted octanol–water partition coefficient (Wildman–Crippen LogP) is 7.80. The first-order chi connectivity index (χ1) is 26.0. The second-order valence-electron chi connectivity index (χ2n) is 15.7. The van der Waals surface area contributed by atoms with E-state index in [1.165, 1.54) is 38.9 Å². The van der Waals surface area contributed by atoms with Crippen LogP contribution in [0.3, 0.4) is 0 Å². The molecular weight excluding hydrogens is 856 g/mol. The van der Waals surface area contributed by atoms with E-state index in [0.29, 0.717) is 11.5 Å².